The third kappa shape index (κ3) is 1.87. The van der Waals surface area contributed by atoms with Crippen molar-refractivity contribution in [2.75, 3.05) is 0 Å². The SMILES string of the molecule is C/C=C(/C)C(=O)OC1CC1. The average molecular weight is 140 g/mol. The maximum atomic E-state index is 10.9. The number of rotatable bonds is 2. The van der Waals surface area contributed by atoms with Gasteiger partial charge in [-0.3, -0.25) is 0 Å². The van der Waals surface area contributed by atoms with Gasteiger partial charge >= 0.3 is 5.97 Å². The largest absolute Gasteiger partial charge is 0.459 e. The van der Waals surface area contributed by atoms with Gasteiger partial charge in [-0.1, -0.05) is 6.08 Å². The number of hydrogen-bond acceptors (Lipinski definition) is 2. The molecule has 1 rings (SSSR count). The van der Waals surface area contributed by atoms with Gasteiger partial charge in [-0.25, -0.2) is 4.79 Å². The number of carbonyl (C=O) groups excluding carboxylic acids is 1. The fourth-order valence-corrected chi connectivity index (χ4v) is 0.548. The molecule has 1 fully saturated rings. The second kappa shape index (κ2) is 2.86. The summed E-state index contributed by atoms with van der Waals surface area (Å²) in [5.41, 5.74) is 0.701. The molecule has 2 nitrogen and oxygen atoms in total. The van der Waals surface area contributed by atoms with Crippen LogP contribution in [0.5, 0.6) is 0 Å². The molecular formula is C8H12O2. The van der Waals surface area contributed by atoms with Gasteiger partial charge in [0.2, 0.25) is 0 Å². The molecule has 0 aliphatic heterocycles. The lowest BCUT2D eigenvalue weighted by Crippen LogP contribution is -2.06. The fraction of sp³-hybridized carbons (Fsp3) is 0.625. The Morgan fingerprint density at radius 2 is 2.20 bits per heavy atom. The van der Waals surface area contributed by atoms with Gasteiger partial charge in [-0.2, -0.15) is 0 Å². The van der Waals surface area contributed by atoms with E-state index in [1.54, 1.807) is 13.0 Å². The molecule has 0 aromatic carbocycles. The number of esters is 1. The first-order valence-electron chi connectivity index (χ1n) is 3.58. The molecule has 10 heavy (non-hydrogen) atoms. The van der Waals surface area contributed by atoms with Gasteiger partial charge in [0.05, 0.1) is 0 Å². The predicted molar refractivity (Wildman–Crippen MR) is 38.5 cm³/mol. The first-order chi connectivity index (χ1) is 4.74. The predicted octanol–water partition coefficient (Wildman–Crippen LogP) is 1.66. The van der Waals surface area contributed by atoms with Crippen molar-refractivity contribution >= 4 is 5.97 Å². The van der Waals surface area contributed by atoms with Crippen LogP contribution in [-0.4, -0.2) is 12.1 Å². The second-order valence-corrected chi connectivity index (χ2v) is 2.58. The van der Waals surface area contributed by atoms with Crippen LogP contribution >= 0.6 is 0 Å². The van der Waals surface area contributed by atoms with Crippen molar-refractivity contribution in [3.63, 3.8) is 0 Å². The minimum Gasteiger partial charge on any atom is -0.459 e. The van der Waals surface area contributed by atoms with E-state index in [1.807, 2.05) is 6.92 Å². The number of allylic oxidation sites excluding steroid dienone is 1. The molecule has 0 aromatic heterocycles. The monoisotopic (exact) mass is 140 g/mol. The molecule has 0 bridgehead atoms. The molecule has 1 aliphatic rings. The van der Waals surface area contributed by atoms with Gasteiger partial charge in [0.15, 0.2) is 0 Å². The van der Waals surface area contributed by atoms with Crippen LogP contribution < -0.4 is 0 Å². The van der Waals surface area contributed by atoms with Crippen molar-refractivity contribution < 1.29 is 9.53 Å². The van der Waals surface area contributed by atoms with E-state index in [9.17, 15) is 4.79 Å². The average Bonchev–Trinajstić information content (AvgIpc) is 2.70. The van der Waals surface area contributed by atoms with E-state index in [0.29, 0.717) is 5.57 Å². The van der Waals surface area contributed by atoms with E-state index >= 15 is 0 Å². The molecule has 0 N–H and O–H groups in total. The molecule has 0 heterocycles. The van der Waals surface area contributed by atoms with Gasteiger partial charge in [-0.05, 0) is 26.7 Å². The number of hydrogen-bond donors (Lipinski definition) is 0. The summed E-state index contributed by atoms with van der Waals surface area (Å²) in [5.74, 6) is -0.162. The highest BCUT2D eigenvalue weighted by atomic mass is 16.5. The van der Waals surface area contributed by atoms with Crippen LogP contribution in [-0.2, 0) is 9.53 Å². The molecule has 0 unspecified atom stereocenters. The van der Waals surface area contributed by atoms with E-state index in [4.69, 9.17) is 4.74 Å². The quantitative estimate of drug-likeness (QED) is 0.430. The Labute approximate surface area is 60.9 Å². The number of ether oxygens (including phenoxy) is 1. The Bertz CT molecular complexity index is 166. The topological polar surface area (TPSA) is 26.3 Å². The van der Waals surface area contributed by atoms with Crippen LogP contribution in [0.1, 0.15) is 26.7 Å². The van der Waals surface area contributed by atoms with Crippen LogP contribution in [0.3, 0.4) is 0 Å². The van der Waals surface area contributed by atoms with Crippen molar-refractivity contribution in [3.8, 4) is 0 Å². The minimum absolute atomic E-state index is 0.162. The molecule has 0 spiro atoms. The normalized spacial score (nSPS) is 18.8. The van der Waals surface area contributed by atoms with Gasteiger partial charge < -0.3 is 4.74 Å². The molecule has 56 valence electrons. The summed E-state index contributed by atoms with van der Waals surface area (Å²) < 4.78 is 5.01. The Kier molecular flexibility index (Phi) is 2.10. The lowest BCUT2D eigenvalue weighted by atomic mass is 10.3. The molecule has 0 amide bonds. The Morgan fingerprint density at radius 1 is 1.60 bits per heavy atom. The smallest absolute Gasteiger partial charge is 0.333 e. The van der Waals surface area contributed by atoms with E-state index in [-0.39, 0.29) is 12.1 Å². The molecule has 0 atom stereocenters. The Balaban J connectivity index is 2.32. The van der Waals surface area contributed by atoms with Gasteiger partial charge in [0, 0.05) is 5.57 Å². The summed E-state index contributed by atoms with van der Waals surface area (Å²) in [7, 11) is 0. The van der Waals surface area contributed by atoms with Gasteiger partial charge in [-0.15, -0.1) is 0 Å². The highest BCUT2D eigenvalue weighted by Crippen LogP contribution is 2.24. The lowest BCUT2D eigenvalue weighted by Gasteiger charge is -2.00. The van der Waals surface area contributed by atoms with Crippen LogP contribution in [0.2, 0.25) is 0 Å². The summed E-state index contributed by atoms with van der Waals surface area (Å²) in [6.45, 7) is 3.61. The van der Waals surface area contributed by atoms with Crippen molar-refractivity contribution in [3.05, 3.63) is 11.6 Å². The van der Waals surface area contributed by atoms with Crippen LogP contribution in [0.25, 0.3) is 0 Å². The zero-order valence-electron chi connectivity index (χ0n) is 6.39. The zero-order chi connectivity index (χ0) is 7.56. The van der Waals surface area contributed by atoms with E-state index in [0.717, 1.165) is 12.8 Å². The van der Waals surface area contributed by atoms with E-state index in [2.05, 4.69) is 0 Å². The van der Waals surface area contributed by atoms with Crippen molar-refractivity contribution in [1.82, 2.24) is 0 Å². The highest BCUT2D eigenvalue weighted by Gasteiger charge is 2.25. The maximum Gasteiger partial charge on any atom is 0.333 e. The third-order valence-electron chi connectivity index (χ3n) is 1.55. The minimum atomic E-state index is -0.162. The van der Waals surface area contributed by atoms with Crippen LogP contribution in [0.15, 0.2) is 11.6 Å². The summed E-state index contributed by atoms with van der Waals surface area (Å²) >= 11 is 0. The van der Waals surface area contributed by atoms with Gasteiger partial charge in [0.1, 0.15) is 6.10 Å². The van der Waals surface area contributed by atoms with Crippen molar-refractivity contribution in [2.24, 2.45) is 0 Å². The summed E-state index contributed by atoms with van der Waals surface area (Å²) in [6, 6.07) is 0. The Hall–Kier alpha value is -0.790. The third-order valence-corrected chi connectivity index (χ3v) is 1.55. The molecule has 2 heteroatoms. The van der Waals surface area contributed by atoms with Crippen molar-refractivity contribution in [1.29, 1.82) is 0 Å². The highest BCUT2D eigenvalue weighted by molar-refractivity contribution is 5.87. The summed E-state index contributed by atoms with van der Waals surface area (Å²) in [5, 5.41) is 0. The maximum absolute atomic E-state index is 10.9. The second-order valence-electron chi connectivity index (χ2n) is 2.58. The fourth-order valence-electron chi connectivity index (χ4n) is 0.548. The summed E-state index contributed by atoms with van der Waals surface area (Å²) in [4.78, 5) is 10.9. The van der Waals surface area contributed by atoms with Gasteiger partial charge in [0.25, 0.3) is 0 Å². The lowest BCUT2D eigenvalue weighted by molar-refractivity contribution is -0.140. The first kappa shape index (κ1) is 7.32. The van der Waals surface area contributed by atoms with Crippen LogP contribution in [0.4, 0.5) is 0 Å². The zero-order valence-corrected chi connectivity index (χ0v) is 6.39. The Morgan fingerprint density at radius 3 is 2.60 bits per heavy atom. The first-order valence-corrected chi connectivity index (χ1v) is 3.58. The standard InChI is InChI=1S/C8H12O2/c1-3-6(2)8(9)10-7-4-5-7/h3,7H,4-5H2,1-2H3/b6-3-. The number of carbonyl (C=O) groups is 1. The molecular weight excluding hydrogens is 128 g/mol. The summed E-state index contributed by atoms with van der Waals surface area (Å²) in [6.07, 6.45) is 4.08. The molecule has 1 aliphatic carbocycles. The molecule has 0 aromatic rings. The van der Waals surface area contributed by atoms with E-state index < -0.39 is 0 Å². The van der Waals surface area contributed by atoms with Crippen molar-refractivity contribution in [2.45, 2.75) is 32.8 Å². The molecule has 1 saturated carbocycles. The van der Waals surface area contributed by atoms with Crippen LogP contribution in [0, 0.1) is 0 Å². The molecule has 0 radical (unpaired) electrons. The van der Waals surface area contributed by atoms with E-state index in [1.165, 1.54) is 0 Å². The molecule has 0 saturated heterocycles.